The summed E-state index contributed by atoms with van der Waals surface area (Å²) < 4.78 is 5.77. The molecule has 7 heteroatoms. The Morgan fingerprint density at radius 2 is 1.63 bits per heavy atom. The number of halogens is 1. The van der Waals surface area contributed by atoms with Crippen molar-refractivity contribution in [1.82, 2.24) is 15.1 Å². The van der Waals surface area contributed by atoms with Crippen LogP contribution in [0.25, 0.3) is 0 Å². The molecule has 6 nitrogen and oxygen atoms in total. The zero-order chi connectivity index (χ0) is 21.3. The van der Waals surface area contributed by atoms with Crippen molar-refractivity contribution < 1.29 is 9.53 Å². The summed E-state index contributed by atoms with van der Waals surface area (Å²) in [6.45, 7) is 6.23. The van der Waals surface area contributed by atoms with Crippen LogP contribution in [-0.2, 0) is 11.3 Å². The van der Waals surface area contributed by atoms with Gasteiger partial charge in [-0.3, -0.25) is 14.6 Å². The molecule has 0 atom stereocenters. The van der Waals surface area contributed by atoms with Crippen LogP contribution in [0.4, 0.5) is 5.69 Å². The molecule has 0 bridgehead atoms. The highest BCUT2D eigenvalue weighted by Crippen LogP contribution is 2.15. The average molecular weight is 431 g/mol. The van der Waals surface area contributed by atoms with E-state index in [1.54, 1.807) is 0 Å². The van der Waals surface area contributed by atoms with Crippen LogP contribution < -0.4 is 15.0 Å². The molecule has 1 saturated heterocycles. The van der Waals surface area contributed by atoms with Gasteiger partial charge in [-0.2, -0.15) is 0 Å². The third-order valence-corrected chi connectivity index (χ3v) is 5.52. The number of piperazine rings is 1. The standard InChI is InChI=1S/C23H31ClN4O2/c1-26(2)21-7-3-19(4-8-21)17-25-23(29)18-28-13-11-27(12-14-28)15-16-30-22-9-5-20(24)6-10-22/h3-10H,11-18H2,1-2H3,(H,25,29). The van der Waals surface area contributed by atoms with Crippen LogP contribution in [0.2, 0.25) is 5.02 Å². The molecule has 1 fully saturated rings. The molecular weight excluding hydrogens is 400 g/mol. The summed E-state index contributed by atoms with van der Waals surface area (Å²) in [6, 6.07) is 15.7. The van der Waals surface area contributed by atoms with Crippen molar-refractivity contribution >= 4 is 23.2 Å². The van der Waals surface area contributed by atoms with Crippen molar-refractivity contribution in [2.75, 3.05) is 64.9 Å². The number of nitrogens with one attached hydrogen (secondary N) is 1. The molecule has 1 aliphatic rings. The smallest absolute Gasteiger partial charge is 0.234 e. The van der Waals surface area contributed by atoms with Gasteiger partial charge in [0.2, 0.25) is 5.91 Å². The van der Waals surface area contributed by atoms with Gasteiger partial charge < -0.3 is 15.0 Å². The molecule has 1 aliphatic heterocycles. The molecule has 3 rings (SSSR count). The van der Waals surface area contributed by atoms with Crippen molar-refractivity contribution in [3.8, 4) is 5.75 Å². The van der Waals surface area contributed by atoms with Crippen molar-refractivity contribution in [2.24, 2.45) is 0 Å². The van der Waals surface area contributed by atoms with Crippen LogP contribution in [0, 0.1) is 0 Å². The number of carbonyl (C=O) groups excluding carboxylic acids is 1. The van der Waals surface area contributed by atoms with Gasteiger partial charge in [-0.1, -0.05) is 23.7 Å². The predicted molar refractivity (Wildman–Crippen MR) is 122 cm³/mol. The molecule has 0 radical (unpaired) electrons. The molecule has 1 amide bonds. The second-order valence-electron chi connectivity index (χ2n) is 7.76. The topological polar surface area (TPSA) is 48.1 Å². The zero-order valence-electron chi connectivity index (χ0n) is 17.8. The van der Waals surface area contributed by atoms with Gasteiger partial charge in [0.05, 0.1) is 6.54 Å². The minimum Gasteiger partial charge on any atom is -0.492 e. The lowest BCUT2D eigenvalue weighted by Gasteiger charge is -2.34. The van der Waals surface area contributed by atoms with E-state index in [4.69, 9.17) is 16.3 Å². The van der Waals surface area contributed by atoms with Crippen molar-refractivity contribution in [1.29, 1.82) is 0 Å². The van der Waals surface area contributed by atoms with Crippen LogP contribution in [0.1, 0.15) is 5.56 Å². The Kier molecular flexibility index (Phi) is 8.37. The Labute approximate surface area is 184 Å². The molecular formula is C23H31ClN4O2. The van der Waals surface area contributed by atoms with E-state index in [0.29, 0.717) is 24.7 Å². The van der Waals surface area contributed by atoms with Gasteiger partial charge in [-0.15, -0.1) is 0 Å². The molecule has 2 aromatic carbocycles. The molecule has 0 aromatic heterocycles. The Bertz CT molecular complexity index is 788. The molecule has 1 heterocycles. The molecule has 2 aromatic rings. The van der Waals surface area contributed by atoms with Crippen molar-refractivity contribution in [3.63, 3.8) is 0 Å². The average Bonchev–Trinajstić information content (AvgIpc) is 2.75. The summed E-state index contributed by atoms with van der Waals surface area (Å²) in [7, 11) is 4.03. The molecule has 30 heavy (non-hydrogen) atoms. The molecule has 0 unspecified atom stereocenters. The summed E-state index contributed by atoms with van der Waals surface area (Å²) in [5.74, 6) is 0.914. The van der Waals surface area contributed by atoms with E-state index >= 15 is 0 Å². The molecule has 0 saturated carbocycles. The van der Waals surface area contributed by atoms with E-state index in [9.17, 15) is 4.79 Å². The predicted octanol–water partition coefficient (Wildman–Crippen LogP) is 2.72. The Morgan fingerprint density at radius 1 is 1.00 bits per heavy atom. The Hall–Kier alpha value is -2.28. The number of hydrogen-bond donors (Lipinski definition) is 1. The lowest BCUT2D eigenvalue weighted by molar-refractivity contribution is -0.122. The van der Waals surface area contributed by atoms with Crippen LogP contribution in [0.5, 0.6) is 5.75 Å². The van der Waals surface area contributed by atoms with Crippen molar-refractivity contribution in [3.05, 3.63) is 59.1 Å². The molecule has 0 aliphatic carbocycles. The van der Waals surface area contributed by atoms with Gasteiger partial charge >= 0.3 is 0 Å². The van der Waals surface area contributed by atoms with E-state index in [-0.39, 0.29) is 5.91 Å². The second-order valence-corrected chi connectivity index (χ2v) is 8.19. The summed E-state index contributed by atoms with van der Waals surface area (Å²) in [6.07, 6.45) is 0. The number of benzene rings is 2. The fraction of sp³-hybridized carbons (Fsp3) is 0.435. The van der Waals surface area contributed by atoms with E-state index < -0.39 is 0 Å². The Balaban J connectivity index is 1.30. The number of hydrogen-bond acceptors (Lipinski definition) is 5. The monoisotopic (exact) mass is 430 g/mol. The van der Waals surface area contributed by atoms with Crippen LogP contribution in [-0.4, -0.2) is 75.7 Å². The van der Waals surface area contributed by atoms with E-state index in [0.717, 1.165) is 49.7 Å². The minimum absolute atomic E-state index is 0.0752. The highest BCUT2D eigenvalue weighted by atomic mass is 35.5. The second kappa shape index (κ2) is 11.2. The zero-order valence-corrected chi connectivity index (χ0v) is 18.6. The number of carbonyl (C=O) groups is 1. The summed E-state index contributed by atoms with van der Waals surface area (Å²) >= 11 is 5.89. The normalized spacial score (nSPS) is 15.0. The quantitative estimate of drug-likeness (QED) is 0.662. The van der Waals surface area contributed by atoms with E-state index in [1.165, 1.54) is 0 Å². The van der Waals surface area contributed by atoms with Crippen molar-refractivity contribution in [2.45, 2.75) is 6.54 Å². The van der Waals surface area contributed by atoms with E-state index in [2.05, 4.69) is 44.3 Å². The number of ether oxygens (including phenoxy) is 1. The summed E-state index contributed by atoms with van der Waals surface area (Å²) in [5, 5.41) is 3.74. The minimum atomic E-state index is 0.0752. The van der Waals surface area contributed by atoms with Gasteiger partial charge in [0.1, 0.15) is 12.4 Å². The number of nitrogens with zero attached hydrogens (tertiary/aromatic N) is 3. The molecule has 0 spiro atoms. The van der Waals surface area contributed by atoms with Gasteiger partial charge in [0.25, 0.3) is 0 Å². The summed E-state index contributed by atoms with van der Waals surface area (Å²) in [5.41, 5.74) is 2.26. The maximum Gasteiger partial charge on any atom is 0.234 e. The lowest BCUT2D eigenvalue weighted by Crippen LogP contribution is -2.50. The maximum atomic E-state index is 12.3. The maximum absolute atomic E-state index is 12.3. The largest absolute Gasteiger partial charge is 0.492 e. The third kappa shape index (κ3) is 7.20. The third-order valence-electron chi connectivity index (χ3n) is 5.26. The fourth-order valence-corrected chi connectivity index (χ4v) is 3.49. The fourth-order valence-electron chi connectivity index (χ4n) is 3.37. The number of anilines is 1. The number of amides is 1. The summed E-state index contributed by atoms with van der Waals surface area (Å²) in [4.78, 5) is 18.9. The highest BCUT2D eigenvalue weighted by molar-refractivity contribution is 6.30. The van der Waals surface area contributed by atoms with Crippen LogP contribution in [0.3, 0.4) is 0 Å². The first-order valence-corrected chi connectivity index (χ1v) is 10.7. The van der Waals surface area contributed by atoms with E-state index in [1.807, 2.05) is 38.4 Å². The highest BCUT2D eigenvalue weighted by Gasteiger charge is 2.18. The number of rotatable bonds is 9. The van der Waals surface area contributed by atoms with Gasteiger partial charge in [0, 0.05) is 64.1 Å². The van der Waals surface area contributed by atoms with Crippen LogP contribution >= 0.6 is 11.6 Å². The lowest BCUT2D eigenvalue weighted by atomic mass is 10.2. The first-order valence-electron chi connectivity index (χ1n) is 10.4. The Morgan fingerprint density at radius 3 is 2.27 bits per heavy atom. The first kappa shape index (κ1) is 22.4. The first-order chi connectivity index (χ1) is 14.5. The SMILES string of the molecule is CN(C)c1ccc(CNC(=O)CN2CCN(CCOc3ccc(Cl)cc3)CC2)cc1. The van der Waals surface area contributed by atoms with Gasteiger partial charge in [-0.25, -0.2) is 0 Å². The van der Waals surface area contributed by atoms with Crippen LogP contribution in [0.15, 0.2) is 48.5 Å². The van der Waals surface area contributed by atoms with Gasteiger partial charge in [-0.05, 0) is 42.0 Å². The molecule has 162 valence electrons. The van der Waals surface area contributed by atoms with Gasteiger partial charge in [0.15, 0.2) is 0 Å². The molecule has 1 N–H and O–H groups in total.